The lowest BCUT2D eigenvalue weighted by molar-refractivity contribution is -0.136. The number of benzene rings is 1. The van der Waals surface area contributed by atoms with Crippen LogP contribution in [0.25, 0.3) is 0 Å². The molecule has 1 aromatic carbocycles. The van der Waals surface area contributed by atoms with Gasteiger partial charge in [-0.05, 0) is 49.1 Å². The Hall–Kier alpha value is -2.23. The van der Waals surface area contributed by atoms with E-state index < -0.39 is 0 Å². The van der Waals surface area contributed by atoms with Crippen molar-refractivity contribution in [3.63, 3.8) is 0 Å². The van der Waals surface area contributed by atoms with Crippen LogP contribution < -0.4 is 4.74 Å². The standard InChI is InChI=1S/C24H34N2O2/c1-3-4-7-15-26(24(27)21-11-5-6-12-21)19-22-13-9-16-25(22)18-20-10-8-14-23(17-20)28-2/h8-10,13-14,16-17,21H,3-7,11-12,15,18-19H2,1-2H3. The Balaban J connectivity index is 1.71. The molecule has 1 amide bonds. The minimum atomic E-state index is 0.239. The second-order valence-corrected chi connectivity index (χ2v) is 7.93. The van der Waals surface area contributed by atoms with Gasteiger partial charge in [-0.3, -0.25) is 4.79 Å². The summed E-state index contributed by atoms with van der Waals surface area (Å²) in [4.78, 5) is 15.2. The van der Waals surface area contributed by atoms with Crippen molar-refractivity contribution in [2.24, 2.45) is 5.92 Å². The van der Waals surface area contributed by atoms with Crippen molar-refractivity contribution in [3.8, 4) is 5.75 Å². The maximum Gasteiger partial charge on any atom is 0.226 e. The van der Waals surface area contributed by atoms with Crippen LogP contribution >= 0.6 is 0 Å². The second kappa shape index (κ2) is 10.4. The molecule has 1 fully saturated rings. The lowest BCUT2D eigenvalue weighted by atomic mass is 10.1. The molecule has 0 saturated heterocycles. The molecule has 1 saturated carbocycles. The van der Waals surface area contributed by atoms with Gasteiger partial charge >= 0.3 is 0 Å². The highest BCUT2D eigenvalue weighted by Gasteiger charge is 2.27. The Morgan fingerprint density at radius 1 is 1.18 bits per heavy atom. The predicted octanol–water partition coefficient (Wildman–Crippen LogP) is 5.25. The van der Waals surface area contributed by atoms with Gasteiger partial charge in [0.15, 0.2) is 0 Å². The van der Waals surface area contributed by atoms with E-state index >= 15 is 0 Å². The number of aromatic nitrogens is 1. The fraction of sp³-hybridized carbons (Fsp3) is 0.542. The van der Waals surface area contributed by atoms with Crippen molar-refractivity contribution >= 4 is 5.91 Å². The zero-order chi connectivity index (χ0) is 19.8. The summed E-state index contributed by atoms with van der Waals surface area (Å²) >= 11 is 0. The number of ether oxygens (including phenoxy) is 1. The van der Waals surface area contributed by atoms with Gasteiger partial charge in [-0.2, -0.15) is 0 Å². The van der Waals surface area contributed by atoms with Gasteiger partial charge in [-0.1, -0.05) is 44.7 Å². The first kappa shape index (κ1) is 20.5. The van der Waals surface area contributed by atoms with Gasteiger partial charge in [0, 0.05) is 30.9 Å². The zero-order valence-electron chi connectivity index (χ0n) is 17.4. The van der Waals surface area contributed by atoms with Crippen LogP contribution in [0.3, 0.4) is 0 Å². The molecule has 1 heterocycles. The lowest BCUT2D eigenvalue weighted by Crippen LogP contribution is -2.36. The summed E-state index contributed by atoms with van der Waals surface area (Å²) in [7, 11) is 1.70. The molecule has 0 unspecified atom stereocenters. The maximum absolute atomic E-state index is 13.1. The average molecular weight is 383 g/mol. The van der Waals surface area contributed by atoms with Gasteiger partial charge in [0.1, 0.15) is 5.75 Å². The van der Waals surface area contributed by atoms with E-state index in [4.69, 9.17) is 4.74 Å². The van der Waals surface area contributed by atoms with Crippen molar-refractivity contribution in [2.75, 3.05) is 13.7 Å². The Morgan fingerprint density at radius 3 is 2.75 bits per heavy atom. The van der Waals surface area contributed by atoms with Gasteiger partial charge in [0.2, 0.25) is 5.91 Å². The molecule has 0 spiro atoms. The fourth-order valence-corrected chi connectivity index (χ4v) is 4.16. The van der Waals surface area contributed by atoms with E-state index in [1.165, 1.54) is 36.9 Å². The van der Waals surface area contributed by atoms with Crippen molar-refractivity contribution in [2.45, 2.75) is 65.0 Å². The molecule has 4 heteroatoms. The normalized spacial score (nSPS) is 14.4. The molecule has 2 aromatic rings. The number of hydrogen-bond acceptors (Lipinski definition) is 2. The highest BCUT2D eigenvalue weighted by Crippen LogP contribution is 2.27. The molecular weight excluding hydrogens is 348 g/mol. The third-order valence-corrected chi connectivity index (χ3v) is 5.81. The van der Waals surface area contributed by atoms with Crippen LogP contribution in [0, 0.1) is 5.92 Å². The summed E-state index contributed by atoms with van der Waals surface area (Å²) in [6, 6.07) is 12.4. The first-order valence-electron chi connectivity index (χ1n) is 10.8. The summed E-state index contributed by atoms with van der Waals surface area (Å²) in [5.41, 5.74) is 2.40. The molecular formula is C24H34N2O2. The number of amides is 1. The summed E-state index contributed by atoms with van der Waals surface area (Å²) in [5.74, 6) is 1.48. The molecule has 3 rings (SSSR count). The summed E-state index contributed by atoms with van der Waals surface area (Å²) in [6.07, 6.45) is 10.1. The number of carbonyl (C=O) groups excluding carboxylic acids is 1. The quantitative estimate of drug-likeness (QED) is 0.526. The van der Waals surface area contributed by atoms with E-state index in [9.17, 15) is 4.79 Å². The molecule has 0 bridgehead atoms. The van der Waals surface area contributed by atoms with Crippen LogP contribution in [0.15, 0.2) is 42.6 Å². The van der Waals surface area contributed by atoms with Crippen molar-refractivity contribution in [3.05, 3.63) is 53.9 Å². The fourth-order valence-electron chi connectivity index (χ4n) is 4.16. The van der Waals surface area contributed by atoms with Gasteiger partial charge in [0.05, 0.1) is 13.7 Å². The number of rotatable bonds is 10. The lowest BCUT2D eigenvalue weighted by Gasteiger charge is -2.26. The minimum absolute atomic E-state index is 0.239. The molecule has 152 valence electrons. The Morgan fingerprint density at radius 2 is 2.00 bits per heavy atom. The van der Waals surface area contributed by atoms with Gasteiger partial charge in [-0.15, -0.1) is 0 Å². The Bertz CT molecular complexity index is 747. The van der Waals surface area contributed by atoms with Crippen molar-refractivity contribution in [1.82, 2.24) is 9.47 Å². The monoisotopic (exact) mass is 382 g/mol. The van der Waals surface area contributed by atoms with Crippen LogP contribution in [0.4, 0.5) is 0 Å². The predicted molar refractivity (Wildman–Crippen MR) is 113 cm³/mol. The molecule has 0 N–H and O–H groups in total. The van der Waals surface area contributed by atoms with Crippen LogP contribution in [-0.4, -0.2) is 29.0 Å². The first-order valence-corrected chi connectivity index (χ1v) is 10.8. The number of carbonyl (C=O) groups is 1. The highest BCUT2D eigenvalue weighted by atomic mass is 16.5. The molecule has 1 aromatic heterocycles. The second-order valence-electron chi connectivity index (χ2n) is 7.93. The Kier molecular flexibility index (Phi) is 7.58. The third-order valence-electron chi connectivity index (χ3n) is 5.81. The first-order chi connectivity index (χ1) is 13.7. The number of hydrogen-bond donors (Lipinski definition) is 0. The van der Waals surface area contributed by atoms with E-state index in [2.05, 4.69) is 46.9 Å². The van der Waals surface area contributed by atoms with Crippen molar-refractivity contribution in [1.29, 1.82) is 0 Å². The zero-order valence-corrected chi connectivity index (χ0v) is 17.4. The van der Waals surface area contributed by atoms with Gasteiger partial charge in [0.25, 0.3) is 0 Å². The molecule has 0 aliphatic heterocycles. The van der Waals surface area contributed by atoms with Gasteiger partial charge < -0.3 is 14.2 Å². The summed E-state index contributed by atoms with van der Waals surface area (Å²) in [5, 5.41) is 0. The van der Waals surface area contributed by atoms with Crippen LogP contribution in [0.1, 0.15) is 63.1 Å². The minimum Gasteiger partial charge on any atom is -0.497 e. The molecule has 4 nitrogen and oxygen atoms in total. The van der Waals surface area contributed by atoms with Crippen LogP contribution in [0.5, 0.6) is 5.75 Å². The Labute approximate surface area is 169 Å². The summed E-state index contributed by atoms with van der Waals surface area (Å²) < 4.78 is 7.60. The largest absolute Gasteiger partial charge is 0.497 e. The van der Waals surface area contributed by atoms with Crippen LogP contribution in [-0.2, 0) is 17.9 Å². The number of unbranched alkanes of at least 4 members (excludes halogenated alkanes) is 2. The van der Waals surface area contributed by atoms with E-state index in [-0.39, 0.29) is 5.92 Å². The van der Waals surface area contributed by atoms with Gasteiger partial charge in [-0.25, -0.2) is 0 Å². The molecule has 1 aliphatic rings. The van der Waals surface area contributed by atoms with E-state index in [0.29, 0.717) is 12.5 Å². The SMILES string of the molecule is CCCCCN(Cc1cccn1Cc1cccc(OC)c1)C(=O)C1CCCC1. The topological polar surface area (TPSA) is 34.5 Å². The smallest absolute Gasteiger partial charge is 0.226 e. The van der Waals surface area contributed by atoms with E-state index in [1.54, 1.807) is 7.11 Å². The highest BCUT2D eigenvalue weighted by molar-refractivity contribution is 5.79. The average Bonchev–Trinajstić information content (AvgIpc) is 3.39. The van der Waals surface area contributed by atoms with Crippen LogP contribution in [0.2, 0.25) is 0 Å². The molecule has 0 radical (unpaired) electrons. The summed E-state index contributed by atoms with van der Waals surface area (Å²) in [6.45, 7) is 4.58. The maximum atomic E-state index is 13.1. The molecule has 0 atom stereocenters. The molecule has 28 heavy (non-hydrogen) atoms. The number of nitrogens with zero attached hydrogens (tertiary/aromatic N) is 2. The third kappa shape index (κ3) is 5.40. The van der Waals surface area contributed by atoms with Crippen molar-refractivity contribution < 1.29 is 9.53 Å². The van der Waals surface area contributed by atoms with E-state index in [0.717, 1.165) is 38.1 Å². The molecule has 1 aliphatic carbocycles. The number of methoxy groups -OCH3 is 1. The van der Waals surface area contributed by atoms with E-state index in [1.807, 2.05) is 12.1 Å².